The SMILES string of the molecule is CC1(C)CN(c2ccnc(Cl)c2Cl)CCN1c1ccccc1. The number of hydrogen-bond acceptors (Lipinski definition) is 3. The van der Waals surface area contributed by atoms with Gasteiger partial charge in [-0.3, -0.25) is 0 Å². The van der Waals surface area contributed by atoms with Gasteiger partial charge in [-0.2, -0.15) is 0 Å². The number of rotatable bonds is 2. The second kappa shape index (κ2) is 5.98. The molecule has 0 aliphatic carbocycles. The van der Waals surface area contributed by atoms with E-state index in [2.05, 4.69) is 52.9 Å². The number of halogens is 2. The lowest BCUT2D eigenvalue weighted by Gasteiger charge is -2.49. The highest BCUT2D eigenvalue weighted by Crippen LogP contribution is 2.35. The molecule has 1 aliphatic rings. The van der Waals surface area contributed by atoms with E-state index >= 15 is 0 Å². The predicted octanol–water partition coefficient (Wildman–Crippen LogP) is 4.49. The molecule has 2 heterocycles. The fraction of sp³-hybridized carbons (Fsp3) is 0.353. The van der Waals surface area contributed by atoms with E-state index in [0.29, 0.717) is 10.2 Å². The Morgan fingerprint density at radius 3 is 2.45 bits per heavy atom. The number of anilines is 2. The van der Waals surface area contributed by atoms with Gasteiger partial charge in [-0.15, -0.1) is 0 Å². The maximum atomic E-state index is 6.32. The summed E-state index contributed by atoms with van der Waals surface area (Å²) in [7, 11) is 0. The van der Waals surface area contributed by atoms with E-state index < -0.39 is 0 Å². The molecule has 116 valence electrons. The van der Waals surface area contributed by atoms with Crippen LogP contribution >= 0.6 is 23.2 Å². The van der Waals surface area contributed by atoms with Gasteiger partial charge < -0.3 is 9.80 Å². The van der Waals surface area contributed by atoms with Gasteiger partial charge >= 0.3 is 0 Å². The predicted molar refractivity (Wildman–Crippen MR) is 94.3 cm³/mol. The van der Waals surface area contributed by atoms with E-state index in [-0.39, 0.29) is 5.54 Å². The van der Waals surface area contributed by atoms with Crippen molar-refractivity contribution in [1.82, 2.24) is 4.98 Å². The van der Waals surface area contributed by atoms with Gasteiger partial charge in [0.15, 0.2) is 0 Å². The minimum Gasteiger partial charge on any atom is -0.366 e. The molecule has 0 amide bonds. The maximum Gasteiger partial charge on any atom is 0.149 e. The average molecular weight is 336 g/mol. The van der Waals surface area contributed by atoms with Crippen molar-refractivity contribution in [3.8, 4) is 0 Å². The van der Waals surface area contributed by atoms with E-state index in [1.54, 1.807) is 6.20 Å². The molecular formula is C17H19Cl2N3. The van der Waals surface area contributed by atoms with E-state index in [9.17, 15) is 0 Å². The number of para-hydroxylation sites is 1. The summed E-state index contributed by atoms with van der Waals surface area (Å²) < 4.78 is 0. The minimum absolute atomic E-state index is 0.00131. The highest BCUT2D eigenvalue weighted by molar-refractivity contribution is 6.42. The first-order chi connectivity index (χ1) is 10.5. The minimum atomic E-state index is -0.00131. The molecule has 0 radical (unpaired) electrons. The fourth-order valence-corrected chi connectivity index (χ4v) is 3.48. The van der Waals surface area contributed by atoms with Crippen LogP contribution in [0.25, 0.3) is 0 Å². The van der Waals surface area contributed by atoms with Crippen molar-refractivity contribution in [3.05, 3.63) is 52.8 Å². The standard InChI is InChI=1S/C17H19Cl2N3/c1-17(2)12-21(14-8-9-20-16(19)15(14)18)10-11-22(17)13-6-4-3-5-7-13/h3-9H,10-12H2,1-2H3. The molecule has 3 rings (SSSR count). The Morgan fingerprint density at radius 1 is 1.05 bits per heavy atom. The smallest absolute Gasteiger partial charge is 0.149 e. The molecule has 0 saturated carbocycles. The summed E-state index contributed by atoms with van der Waals surface area (Å²) >= 11 is 12.4. The summed E-state index contributed by atoms with van der Waals surface area (Å²) in [6.45, 7) is 7.22. The Labute approximate surface area is 141 Å². The first-order valence-corrected chi connectivity index (χ1v) is 8.12. The molecule has 2 aromatic rings. The number of nitrogens with zero attached hydrogens (tertiary/aromatic N) is 3. The second-order valence-electron chi connectivity index (χ2n) is 6.16. The molecule has 1 fully saturated rings. The lowest BCUT2D eigenvalue weighted by atomic mass is 9.97. The quantitative estimate of drug-likeness (QED) is 0.753. The second-order valence-corrected chi connectivity index (χ2v) is 6.89. The van der Waals surface area contributed by atoms with Crippen LogP contribution in [0.1, 0.15) is 13.8 Å². The molecule has 0 atom stereocenters. The molecule has 1 aliphatic heterocycles. The third-order valence-electron chi connectivity index (χ3n) is 4.14. The molecule has 1 saturated heterocycles. The van der Waals surface area contributed by atoms with Gasteiger partial charge in [0, 0.05) is 31.5 Å². The Bertz CT molecular complexity index is 658. The van der Waals surface area contributed by atoms with Gasteiger partial charge in [0.2, 0.25) is 0 Å². The van der Waals surface area contributed by atoms with Crippen LogP contribution in [0.5, 0.6) is 0 Å². The maximum absolute atomic E-state index is 6.32. The summed E-state index contributed by atoms with van der Waals surface area (Å²) in [6.07, 6.45) is 1.71. The van der Waals surface area contributed by atoms with Crippen molar-refractivity contribution in [3.63, 3.8) is 0 Å². The van der Waals surface area contributed by atoms with Crippen LogP contribution in [0.4, 0.5) is 11.4 Å². The highest BCUT2D eigenvalue weighted by atomic mass is 35.5. The molecule has 5 heteroatoms. The molecule has 0 N–H and O–H groups in total. The summed E-state index contributed by atoms with van der Waals surface area (Å²) in [6, 6.07) is 12.5. The van der Waals surface area contributed by atoms with Crippen LogP contribution < -0.4 is 9.80 Å². The first kappa shape index (κ1) is 15.4. The molecule has 0 spiro atoms. The Morgan fingerprint density at radius 2 is 1.77 bits per heavy atom. The van der Waals surface area contributed by atoms with Gasteiger partial charge in [-0.25, -0.2) is 4.98 Å². The van der Waals surface area contributed by atoms with Crippen molar-refractivity contribution < 1.29 is 0 Å². The highest BCUT2D eigenvalue weighted by Gasteiger charge is 2.34. The van der Waals surface area contributed by atoms with Crippen molar-refractivity contribution in [2.75, 3.05) is 29.4 Å². The summed E-state index contributed by atoms with van der Waals surface area (Å²) in [4.78, 5) is 8.76. The fourth-order valence-electron chi connectivity index (χ4n) is 3.10. The Kier molecular flexibility index (Phi) is 4.20. The summed E-state index contributed by atoms with van der Waals surface area (Å²) in [5.74, 6) is 0. The van der Waals surface area contributed by atoms with Crippen LogP contribution in [-0.2, 0) is 0 Å². The van der Waals surface area contributed by atoms with Crippen LogP contribution in [-0.4, -0.2) is 30.2 Å². The number of benzene rings is 1. The van der Waals surface area contributed by atoms with Gasteiger partial charge in [0.05, 0.1) is 11.2 Å². The van der Waals surface area contributed by atoms with Gasteiger partial charge in [0.1, 0.15) is 10.2 Å². The molecule has 0 unspecified atom stereocenters. The summed E-state index contributed by atoms with van der Waals surface area (Å²) in [5.41, 5.74) is 2.21. The third-order valence-corrected chi connectivity index (χ3v) is 4.89. The van der Waals surface area contributed by atoms with Crippen LogP contribution in [0.2, 0.25) is 10.2 Å². The van der Waals surface area contributed by atoms with Crippen molar-refractivity contribution in [2.24, 2.45) is 0 Å². The van der Waals surface area contributed by atoms with Crippen LogP contribution in [0.15, 0.2) is 42.6 Å². The third kappa shape index (κ3) is 2.88. The van der Waals surface area contributed by atoms with E-state index in [4.69, 9.17) is 23.2 Å². The Hall–Kier alpha value is -1.45. The molecule has 0 bridgehead atoms. The van der Waals surface area contributed by atoms with Crippen molar-refractivity contribution >= 4 is 34.6 Å². The first-order valence-electron chi connectivity index (χ1n) is 7.37. The van der Waals surface area contributed by atoms with E-state index in [0.717, 1.165) is 25.3 Å². The van der Waals surface area contributed by atoms with Crippen molar-refractivity contribution in [1.29, 1.82) is 0 Å². The van der Waals surface area contributed by atoms with E-state index in [1.165, 1.54) is 5.69 Å². The zero-order valence-corrected chi connectivity index (χ0v) is 14.3. The molecule has 3 nitrogen and oxygen atoms in total. The van der Waals surface area contributed by atoms with Gasteiger partial charge in [-0.1, -0.05) is 41.4 Å². The average Bonchev–Trinajstić information content (AvgIpc) is 2.50. The lowest BCUT2D eigenvalue weighted by molar-refractivity contribution is 0.415. The number of piperazine rings is 1. The zero-order valence-electron chi connectivity index (χ0n) is 12.8. The van der Waals surface area contributed by atoms with Gasteiger partial charge in [-0.05, 0) is 32.0 Å². The van der Waals surface area contributed by atoms with Gasteiger partial charge in [0.25, 0.3) is 0 Å². The van der Waals surface area contributed by atoms with E-state index in [1.807, 2.05) is 12.1 Å². The Balaban J connectivity index is 1.86. The monoisotopic (exact) mass is 335 g/mol. The number of hydrogen-bond donors (Lipinski definition) is 0. The molecule has 22 heavy (non-hydrogen) atoms. The number of pyridine rings is 1. The zero-order chi connectivity index (χ0) is 15.7. The lowest BCUT2D eigenvalue weighted by Crippen LogP contribution is -2.59. The molecule has 1 aromatic carbocycles. The largest absolute Gasteiger partial charge is 0.366 e. The number of aromatic nitrogens is 1. The molecular weight excluding hydrogens is 317 g/mol. The molecule has 1 aromatic heterocycles. The summed E-state index contributed by atoms with van der Waals surface area (Å²) in [5, 5.41) is 0.899. The topological polar surface area (TPSA) is 19.4 Å². The van der Waals surface area contributed by atoms with Crippen LogP contribution in [0.3, 0.4) is 0 Å². The van der Waals surface area contributed by atoms with Crippen LogP contribution in [0, 0.1) is 0 Å². The van der Waals surface area contributed by atoms with Crippen molar-refractivity contribution in [2.45, 2.75) is 19.4 Å². The normalized spacial score (nSPS) is 17.6.